The van der Waals surface area contributed by atoms with Crippen LogP contribution in [0.3, 0.4) is 0 Å². The number of benzene rings is 1. The van der Waals surface area contributed by atoms with Gasteiger partial charge in [-0.3, -0.25) is 0 Å². The molecule has 1 N–H and O–H groups in total. The Morgan fingerprint density at radius 3 is 2.33 bits per heavy atom. The Labute approximate surface area is 77.6 Å². The summed E-state index contributed by atoms with van der Waals surface area (Å²) in [6, 6.07) is 9.50. The van der Waals surface area contributed by atoms with Crippen LogP contribution >= 0.6 is 12.2 Å². The summed E-state index contributed by atoms with van der Waals surface area (Å²) in [7, 11) is 0. The molecule has 0 aliphatic carbocycles. The molecule has 0 fully saturated rings. The molecule has 3 heteroatoms. The summed E-state index contributed by atoms with van der Waals surface area (Å²) in [5.41, 5.74) is 0.854. The fraction of sp³-hybridized carbons (Fsp3) is 0.222. The molecule has 12 heavy (non-hydrogen) atoms. The average Bonchev–Trinajstić information content (AvgIpc) is 2.08. The first-order chi connectivity index (χ1) is 5.85. The highest BCUT2D eigenvalue weighted by atomic mass is 32.1. The maximum absolute atomic E-state index is 7.57. The standard InChI is InChI=1S/C7H5NS.C2H6O/c9-6-8-7-4-2-1-3-5-7;1-2-3/h1-5H;3H,2H2,1H3. The van der Waals surface area contributed by atoms with Crippen molar-refractivity contribution in [1.29, 1.82) is 0 Å². The smallest absolute Gasteiger partial charge is 0.0739 e. The molecule has 0 bridgehead atoms. The Hall–Kier alpha value is -1.02. The number of nitrogens with zero attached hydrogens (tertiary/aromatic N) is 1. The van der Waals surface area contributed by atoms with Crippen LogP contribution in [-0.2, 0) is 0 Å². The van der Waals surface area contributed by atoms with Gasteiger partial charge in [0.2, 0.25) is 0 Å². The van der Waals surface area contributed by atoms with Crippen molar-refractivity contribution in [2.45, 2.75) is 6.92 Å². The van der Waals surface area contributed by atoms with E-state index in [9.17, 15) is 0 Å². The molecule has 0 amide bonds. The molecule has 0 aliphatic rings. The third-order valence-electron chi connectivity index (χ3n) is 0.931. The average molecular weight is 181 g/mol. The highest BCUT2D eigenvalue weighted by Gasteiger charge is 1.79. The fourth-order valence-corrected chi connectivity index (χ4v) is 0.661. The molecule has 2 nitrogen and oxygen atoms in total. The Morgan fingerprint density at radius 1 is 1.42 bits per heavy atom. The number of aliphatic hydroxyl groups excluding tert-OH is 1. The van der Waals surface area contributed by atoms with Crippen LogP contribution in [0.5, 0.6) is 0 Å². The molecule has 1 aromatic rings. The SMILES string of the molecule is CCO.S=C=Nc1ccccc1. The van der Waals surface area contributed by atoms with Crippen LogP contribution in [0.25, 0.3) is 0 Å². The van der Waals surface area contributed by atoms with E-state index < -0.39 is 0 Å². The van der Waals surface area contributed by atoms with E-state index in [0.29, 0.717) is 0 Å². The number of aliphatic hydroxyl groups is 1. The predicted molar refractivity (Wildman–Crippen MR) is 53.9 cm³/mol. The van der Waals surface area contributed by atoms with E-state index in [4.69, 9.17) is 5.11 Å². The molecule has 0 unspecified atom stereocenters. The molecule has 0 saturated carbocycles. The van der Waals surface area contributed by atoms with E-state index in [0.717, 1.165) is 5.69 Å². The second-order valence-electron chi connectivity index (χ2n) is 1.85. The van der Waals surface area contributed by atoms with Gasteiger partial charge in [-0.05, 0) is 31.3 Å². The van der Waals surface area contributed by atoms with Gasteiger partial charge in [0.15, 0.2) is 0 Å². The van der Waals surface area contributed by atoms with Crippen molar-refractivity contribution in [2.75, 3.05) is 6.61 Å². The highest BCUT2D eigenvalue weighted by molar-refractivity contribution is 7.78. The molecule has 0 heterocycles. The van der Waals surface area contributed by atoms with Gasteiger partial charge in [-0.25, -0.2) is 0 Å². The maximum Gasteiger partial charge on any atom is 0.0739 e. The van der Waals surface area contributed by atoms with Crippen molar-refractivity contribution in [1.82, 2.24) is 0 Å². The summed E-state index contributed by atoms with van der Waals surface area (Å²) in [6.07, 6.45) is 0. The van der Waals surface area contributed by atoms with Gasteiger partial charge in [0.25, 0.3) is 0 Å². The first-order valence-corrected chi connectivity index (χ1v) is 3.99. The van der Waals surface area contributed by atoms with E-state index in [1.807, 2.05) is 30.3 Å². The lowest BCUT2D eigenvalue weighted by Gasteiger charge is -1.83. The van der Waals surface area contributed by atoms with Crippen molar-refractivity contribution in [3.8, 4) is 0 Å². The van der Waals surface area contributed by atoms with Gasteiger partial charge in [0.1, 0.15) is 0 Å². The maximum atomic E-state index is 7.57. The van der Waals surface area contributed by atoms with E-state index in [-0.39, 0.29) is 6.61 Å². The van der Waals surface area contributed by atoms with Crippen LogP contribution in [0.1, 0.15) is 6.92 Å². The van der Waals surface area contributed by atoms with Gasteiger partial charge < -0.3 is 5.11 Å². The molecular formula is C9H11NOS. The van der Waals surface area contributed by atoms with E-state index >= 15 is 0 Å². The van der Waals surface area contributed by atoms with Crippen LogP contribution in [0.4, 0.5) is 5.69 Å². The second-order valence-corrected chi connectivity index (χ2v) is 2.04. The summed E-state index contributed by atoms with van der Waals surface area (Å²) < 4.78 is 0. The molecule has 1 aromatic carbocycles. The summed E-state index contributed by atoms with van der Waals surface area (Å²) in [6.45, 7) is 1.93. The summed E-state index contributed by atoms with van der Waals surface area (Å²) >= 11 is 4.42. The molecule has 64 valence electrons. The van der Waals surface area contributed by atoms with Gasteiger partial charge in [-0.1, -0.05) is 18.2 Å². The number of para-hydroxylation sites is 1. The lowest BCUT2D eigenvalue weighted by molar-refractivity contribution is 0.318. The van der Waals surface area contributed by atoms with Gasteiger partial charge in [0.05, 0.1) is 10.8 Å². The molecule has 0 saturated heterocycles. The molecule has 0 radical (unpaired) electrons. The fourth-order valence-electron chi connectivity index (χ4n) is 0.555. The number of hydrogen-bond donors (Lipinski definition) is 1. The van der Waals surface area contributed by atoms with Gasteiger partial charge in [0, 0.05) is 6.61 Å². The normalized spacial score (nSPS) is 7.50. The molecule has 0 aromatic heterocycles. The van der Waals surface area contributed by atoms with Crippen LogP contribution in [-0.4, -0.2) is 16.9 Å². The lowest BCUT2D eigenvalue weighted by Crippen LogP contribution is -1.58. The Morgan fingerprint density at radius 2 is 1.92 bits per heavy atom. The summed E-state index contributed by atoms with van der Waals surface area (Å²) in [4.78, 5) is 3.77. The second kappa shape index (κ2) is 8.08. The number of thiocarbonyl (C=S) groups is 1. The number of aliphatic imine (C=N–C) groups is 1. The van der Waals surface area contributed by atoms with Gasteiger partial charge in [-0.2, -0.15) is 4.99 Å². The third-order valence-corrected chi connectivity index (χ3v) is 1.02. The van der Waals surface area contributed by atoms with Crippen LogP contribution in [0.2, 0.25) is 0 Å². The Balaban J connectivity index is 0.000000354. The van der Waals surface area contributed by atoms with E-state index in [1.165, 1.54) is 0 Å². The summed E-state index contributed by atoms with van der Waals surface area (Å²) in [5.74, 6) is 0. The van der Waals surface area contributed by atoms with Crippen molar-refractivity contribution < 1.29 is 5.11 Å². The largest absolute Gasteiger partial charge is 0.397 e. The first-order valence-electron chi connectivity index (χ1n) is 3.59. The summed E-state index contributed by atoms with van der Waals surface area (Å²) in [5, 5.41) is 9.86. The number of rotatable bonds is 1. The Bertz CT molecular complexity index is 242. The molecule has 1 rings (SSSR count). The first kappa shape index (κ1) is 11.0. The highest BCUT2D eigenvalue weighted by Crippen LogP contribution is 2.07. The van der Waals surface area contributed by atoms with Gasteiger partial charge in [-0.15, -0.1) is 0 Å². The van der Waals surface area contributed by atoms with Crippen molar-refractivity contribution >= 4 is 23.1 Å². The predicted octanol–water partition coefficient (Wildman–Crippen LogP) is 2.42. The zero-order valence-corrected chi connectivity index (χ0v) is 7.71. The number of hydrogen-bond acceptors (Lipinski definition) is 3. The Kier molecular flexibility index (Phi) is 7.39. The minimum Gasteiger partial charge on any atom is -0.397 e. The zero-order chi connectivity index (χ0) is 9.23. The topological polar surface area (TPSA) is 32.6 Å². The van der Waals surface area contributed by atoms with E-state index in [1.54, 1.807) is 6.92 Å². The van der Waals surface area contributed by atoms with Crippen molar-refractivity contribution in [3.63, 3.8) is 0 Å². The third kappa shape index (κ3) is 5.74. The van der Waals surface area contributed by atoms with E-state index in [2.05, 4.69) is 22.4 Å². The van der Waals surface area contributed by atoms with Crippen molar-refractivity contribution in [2.24, 2.45) is 4.99 Å². The quantitative estimate of drug-likeness (QED) is 0.533. The lowest BCUT2D eigenvalue weighted by atomic mass is 10.3. The zero-order valence-electron chi connectivity index (χ0n) is 6.90. The molecule has 0 aliphatic heterocycles. The number of isothiocyanates is 1. The van der Waals surface area contributed by atoms with Crippen molar-refractivity contribution in [3.05, 3.63) is 30.3 Å². The van der Waals surface area contributed by atoms with Crippen LogP contribution < -0.4 is 0 Å². The monoisotopic (exact) mass is 181 g/mol. The van der Waals surface area contributed by atoms with Gasteiger partial charge >= 0.3 is 0 Å². The van der Waals surface area contributed by atoms with Crippen LogP contribution in [0.15, 0.2) is 35.3 Å². The molecule has 0 atom stereocenters. The van der Waals surface area contributed by atoms with Crippen LogP contribution in [0, 0.1) is 0 Å². The minimum absolute atomic E-state index is 0.250. The molecule has 0 spiro atoms. The molecular weight excluding hydrogens is 170 g/mol. The minimum atomic E-state index is 0.250.